The first-order valence-corrected chi connectivity index (χ1v) is 4.06. The molecule has 0 bridgehead atoms. The molecular weight excluding hydrogens is 188 g/mol. The highest BCUT2D eigenvalue weighted by atomic mass is 35.5. The van der Waals surface area contributed by atoms with Crippen molar-refractivity contribution in [3.63, 3.8) is 0 Å². The molecule has 1 N–H and O–H groups in total. The van der Waals surface area contributed by atoms with Crippen LogP contribution in [0.3, 0.4) is 0 Å². The van der Waals surface area contributed by atoms with Crippen LogP contribution in [0.15, 0.2) is 24.3 Å². The molecule has 1 aromatic carbocycles. The third-order valence-corrected chi connectivity index (χ3v) is 1.74. The highest BCUT2D eigenvalue weighted by molar-refractivity contribution is 5.87. The smallest absolute Gasteiger partial charge is 0.335 e. The maximum Gasteiger partial charge on any atom is 0.335 e. The Morgan fingerprint density at radius 1 is 1.31 bits per heavy atom. The SMILES string of the molecule is CCCc1ccc(C(=O)O)cc1.Cl. The molecule has 0 fully saturated rings. The van der Waals surface area contributed by atoms with E-state index >= 15 is 0 Å². The number of aryl methyl sites for hydroxylation is 1. The molecule has 0 aliphatic heterocycles. The Kier molecular flexibility index (Phi) is 5.16. The number of carboxylic acids is 1. The second-order valence-corrected chi connectivity index (χ2v) is 2.75. The van der Waals surface area contributed by atoms with E-state index in [2.05, 4.69) is 6.92 Å². The van der Waals surface area contributed by atoms with Crippen LogP contribution in [-0.4, -0.2) is 11.1 Å². The highest BCUT2D eigenvalue weighted by Crippen LogP contribution is 2.06. The van der Waals surface area contributed by atoms with Crippen LogP contribution in [-0.2, 0) is 6.42 Å². The summed E-state index contributed by atoms with van der Waals surface area (Å²) in [4.78, 5) is 10.5. The molecular formula is C10H13ClO2. The number of rotatable bonds is 3. The number of carboxylic acid groups (broad SMARTS) is 1. The van der Waals surface area contributed by atoms with Gasteiger partial charge < -0.3 is 5.11 Å². The molecule has 3 heteroatoms. The van der Waals surface area contributed by atoms with Crippen LogP contribution in [0.4, 0.5) is 0 Å². The van der Waals surface area contributed by atoms with Gasteiger partial charge in [-0.3, -0.25) is 0 Å². The maximum atomic E-state index is 10.5. The zero-order valence-corrected chi connectivity index (χ0v) is 8.30. The summed E-state index contributed by atoms with van der Waals surface area (Å²) in [6.07, 6.45) is 2.10. The molecule has 0 saturated carbocycles. The van der Waals surface area contributed by atoms with Gasteiger partial charge in [0.15, 0.2) is 0 Å². The fraction of sp³-hybridized carbons (Fsp3) is 0.300. The molecule has 0 radical (unpaired) electrons. The number of carbonyl (C=O) groups is 1. The summed E-state index contributed by atoms with van der Waals surface area (Å²) < 4.78 is 0. The van der Waals surface area contributed by atoms with Gasteiger partial charge in [-0.25, -0.2) is 4.79 Å². The predicted octanol–water partition coefficient (Wildman–Crippen LogP) is 2.76. The number of aromatic carboxylic acids is 1. The molecule has 0 spiro atoms. The lowest BCUT2D eigenvalue weighted by Crippen LogP contribution is -1.95. The van der Waals surface area contributed by atoms with Gasteiger partial charge in [0.1, 0.15) is 0 Å². The molecule has 2 nitrogen and oxygen atoms in total. The molecule has 13 heavy (non-hydrogen) atoms. The van der Waals surface area contributed by atoms with Gasteiger partial charge >= 0.3 is 5.97 Å². The Balaban J connectivity index is 0.00000144. The molecule has 72 valence electrons. The van der Waals surface area contributed by atoms with E-state index in [0.29, 0.717) is 5.56 Å². The fourth-order valence-corrected chi connectivity index (χ4v) is 1.10. The van der Waals surface area contributed by atoms with Crippen molar-refractivity contribution in [3.05, 3.63) is 35.4 Å². The Morgan fingerprint density at radius 2 is 1.85 bits per heavy atom. The van der Waals surface area contributed by atoms with Gasteiger partial charge in [0.05, 0.1) is 5.56 Å². The van der Waals surface area contributed by atoms with Gasteiger partial charge in [0.2, 0.25) is 0 Å². The van der Waals surface area contributed by atoms with Gasteiger partial charge in [0.25, 0.3) is 0 Å². The molecule has 0 aromatic heterocycles. The molecule has 0 heterocycles. The van der Waals surface area contributed by atoms with Crippen LogP contribution >= 0.6 is 12.4 Å². The predicted molar refractivity (Wildman–Crippen MR) is 54.6 cm³/mol. The molecule has 0 atom stereocenters. The van der Waals surface area contributed by atoms with Gasteiger partial charge in [-0.1, -0.05) is 25.5 Å². The van der Waals surface area contributed by atoms with Gasteiger partial charge in [-0.2, -0.15) is 0 Å². The average molecular weight is 201 g/mol. The Hall–Kier alpha value is -1.02. The minimum absolute atomic E-state index is 0. The maximum absolute atomic E-state index is 10.5. The number of hydrogen-bond acceptors (Lipinski definition) is 1. The summed E-state index contributed by atoms with van der Waals surface area (Å²) in [6, 6.07) is 7.03. The first-order valence-electron chi connectivity index (χ1n) is 4.06. The molecule has 0 amide bonds. The first-order chi connectivity index (χ1) is 5.74. The van der Waals surface area contributed by atoms with Crippen molar-refractivity contribution in [2.24, 2.45) is 0 Å². The third kappa shape index (κ3) is 3.47. The molecule has 0 unspecified atom stereocenters. The van der Waals surface area contributed by atoms with E-state index in [9.17, 15) is 4.79 Å². The van der Waals surface area contributed by atoms with Crippen molar-refractivity contribution in [1.82, 2.24) is 0 Å². The lowest BCUT2D eigenvalue weighted by Gasteiger charge is -1.98. The summed E-state index contributed by atoms with van der Waals surface area (Å²) in [5.74, 6) is -0.863. The summed E-state index contributed by atoms with van der Waals surface area (Å²) >= 11 is 0. The van der Waals surface area contributed by atoms with Crippen molar-refractivity contribution in [2.75, 3.05) is 0 Å². The van der Waals surface area contributed by atoms with E-state index in [0.717, 1.165) is 12.8 Å². The quantitative estimate of drug-likeness (QED) is 0.815. The number of benzene rings is 1. The summed E-state index contributed by atoms with van der Waals surface area (Å²) in [5.41, 5.74) is 1.55. The minimum atomic E-state index is -0.863. The van der Waals surface area contributed by atoms with E-state index < -0.39 is 5.97 Å². The minimum Gasteiger partial charge on any atom is -0.478 e. The summed E-state index contributed by atoms with van der Waals surface area (Å²) in [7, 11) is 0. The molecule has 0 saturated heterocycles. The lowest BCUT2D eigenvalue weighted by molar-refractivity contribution is 0.0697. The molecule has 0 aliphatic rings. The van der Waals surface area contributed by atoms with Crippen LogP contribution < -0.4 is 0 Å². The largest absolute Gasteiger partial charge is 0.478 e. The summed E-state index contributed by atoms with van der Waals surface area (Å²) in [6.45, 7) is 2.10. The van der Waals surface area contributed by atoms with Crippen LogP contribution in [0, 0.1) is 0 Å². The van der Waals surface area contributed by atoms with Gasteiger partial charge in [0, 0.05) is 0 Å². The van der Waals surface area contributed by atoms with E-state index in [1.54, 1.807) is 12.1 Å². The Morgan fingerprint density at radius 3 is 2.23 bits per heavy atom. The standard InChI is InChI=1S/C10H12O2.ClH/c1-2-3-8-4-6-9(7-5-8)10(11)12;/h4-7H,2-3H2,1H3,(H,11,12);1H. The van der Waals surface area contributed by atoms with E-state index in [-0.39, 0.29) is 12.4 Å². The van der Waals surface area contributed by atoms with Crippen LogP contribution in [0.2, 0.25) is 0 Å². The lowest BCUT2D eigenvalue weighted by atomic mass is 10.1. The zero-order valence-electron chi connectivity index (χ0n) is 7.49. The van der Waals surface area contributed by atoms with Crippen molar-refractivity contribution in [2.45, 2.75) is 19.8 Å². The third-order valence-electron chi connectivity index (χ3n) is 1.74. The van der Waals surface area contributed by atoms with Gasteiger partial charge in [-0.15, -0.1) is 12.4 Å². The van der Waals surface area contributed by atoms with Crippen molar-refractivity contribution >= 4 is 18.4 Å². The normalized spacial score (nSPS) is 9.00. The van der Waals surface area contributed by atoms with Crippen molar-refractivity contribution in [1.29, 1.82) is 0 Å². The summed E-state index contributed by atoms with van der Waals surface area (Å²) in [5, 5.41) is 8.61. The molecule has 1 rings (SSSR count). The van der Waals surface area contributed by atoms with Crippen molar-refractivity contribution in [3.8, 4) is 0 Å². The van der Waals surface area contributed by atoms with E-state index in [1.165, 1.54) is 5.56 Å². The molecule has 0 aliphatic carbocycles. The van der Waals surface area contributed by atoms with Crippen LogP contribution in [0.1, 0.15) is 29.3 Å². The number of hydrogen-bond donors (Lipinski definition) is 1. The van der Waals surface area contributed by atoms with Gasteiger partial charge in [-0.05, 0) is 24.1 Å². The Bertz CT molecular complexity index is 267. The van der Waals surface area contributed by atoms with Crippen LogP contribution in [0.25, 0.3) is 0 Å². The van der Waals surface area contributed by atoms with Crippen LogP contribution in [0.5, 0.6) is 0 Å². The van der Waals surface area contributed by atoms with E-state index in [4.69, 9.17) is 5.11 Å². The highest BCUT2D eigenvalue weighted by Gasteiger charge is 2.00. The monoisotopic (exact) mass is 200 g/mol. The first kappa shape index (κ1) is 12.0. The second kappa shape index (κ2) is 5.60. The topological polar surface area (TPSA) is 37.3 Å². The Labute approximate surface area is 84.0 Å². The van der Waals surface area contributed by atoms with E-state index in [1.807, 2.05) is 12.1 Å². The number of halogens is 1. The fourth-order valence-electron chi connectivity index (χ4n) is 1.10. The molecule has 1 aromatic rings. The second-order valence-electron chi connectivity index (χ2n) is 2.75. The zero-order chi connectivity index (χ0) is 8.97. The van der Waals surface area contributed by atoms with Crippen molar-refractivity contribution < 1.29 is 9.90 Å². The average Bonchev–Trinajstić information content (AvgIpc) is 2.06.